The van der Waals surface area contributed by atoms with Crippen LogP contribution in [0.5, 0.6) is 5.75 Å². The van der Waals surface area contributed by atoms with Gasteiger partial charge in [0.1, 0.15) is 11.6 Å². The van der Waals surface area contributed by atoms with Crippen molar-refractivity contribution in [3.05, 3.63) is 47.0 Å². The van der Waals surface area contributed by atoms with Gasteiger partial charge in [-0.1, -0.05) is 67.5 Å². The maximum absolute atomic E-state index is 8.94. The molecule has 1 aromatic carbocycles. The number of benzene rings is 1. The Kier molecular flexibility index (Phi) is 7.53. The lowest BCUT2D eigenvalue weighted by atomic mass is 10.0. The predicted octanol–water partition coefficient (Wildman–Crippen LogP) is 6.30. The van der Waals surface area contributed by atoms with Crippen molar-refractivity contribution in [3.63, 3.8) is 0 Å². The van der Waals surface area contributed by atoms with Crippen molar-refractivity contribution >= 4 is 0 Å². The number of hydrogen-bond acceptors (Lipinski definition) is 2. The minimum atomic E-state index is 0.337. The summed E-state index contributed by atoms with van der Waals surface area (Å²) in [6.45, 7) is 17.4. The van der Waals surface area contributed by atoms with Crippen molar-refractivity contribution in [1.82, 2.24) is 9.97 Å². The number of aromatic hydroxyl groups is 1. The van der Waals surface area contributed by atoms with Crippen molar-refractivity contribution < 1.29 is 5.11 Å². The van der Waals surface area contributed by atoms with Gasteiger partial charge in [0.15, 0.2) is 0 Å². The molecule has 0 aliphatic heterocycles. The monoisotopic (exact) mass is 330 g/mol. The fourth-order valence-electron chi connectivity index (χ4n) is 2.43. The molecule has 0 saturated heterocycles. The lowest BCUT2D eigenvalue weighted by Crippen LogP contribution is -1.96. The van der Waals surface area contributed by atoms with E-state index in [1.54, 1.807) is 12.1 Å². The summed E-state index contributed by atoms with van der Waals surface area (Å²) in [5, 5.41) is 8.94. The number of phenols is 1. The SMILES string of the molecule is CC(C)c1ccc(O)cc1.CC(C)c1nc(C(C)C)c(C(C)C)[nH]1. The van der Waals surface area contributed by atoms with Crippen LogP contribution in [0.1, 0.15) is 102 Å². The molecule has 1 heterocycles. The van der Waals surface area contributed by atoms with E-state index in [1.165, 1.54) is 17.0 Å². The Balaban J connectivity index is 0.000000254. The first-order chi connectivity index (χ1) is 11.1. The number of rotatable bonds is 4. The van der Waals surface area contributed by atoms with E-state index in [-0.39, 0.29) is 0 Å². The van der Waals surface area contributed by atoms with Gasteiger partial charge in [0.05, 0.1) is 5.69 Å². The fourth-order valence-corrected chi connectivity index (χ4v) is 2.43. The first-order valence-electron chi connectivity index (χ1n) is 9.02. The fraction of sp³-hybridized carbons (Fsp3) is 0.571. The van der Waals surface area contributed by atoms with E-state index in [4.69, 9.17) is 5.11 Å². The number of hydrogen-bond donors (Lipinski definition) is 2. The third-order valence-electron chi connectivity index (χ3n) is 4.01. The molecule has 24 heavy (non-hydrogen) atoms. The first-order valence-corrected chi connectivity index (χ1v) is 9.02. The van der Waals surface area contributed by atoms with Gasteiger partial charge in [-0.05, 0) is 35.4 Å². The summed E-state index contributed by atoms with van der Waals surface area (Å²) in [5.74, 6) is 3.53. The summed E-state index contributed by atoms with van der Waals surface area (Å²) in [5.41, 5.74) is 3.81. The average molecular weight is 331 g/mol. The van der Waals surface area contributed by atoms with E-state index in [9.17, 15) is 0 Å². The maximum atomic E-state index is 8.94. The highest BCUT2D eigenvalue weighted by atomic mass is 16.3. The van der Waals surface area contributed by atoms with Gasteiger partial charge >= 0.3 is 0 Å². The predicted molar refractivity (Wildman–Crippen MR) is 103 cm³/mol. The second kappa shape index (κ2) is 8.91. The third kappa shape index (κ3) is 5.70. The zero-order valence-corrected chi connectivity index (χ0v) is 16.5. The van der Waals surface area contributed by atoms with Crippen LogP contribution in [0.25, 0.3) is 0 Å². The number of phenolic OH excluding ortho intramolecular Hbond substituents is 1. The second-order valence-electron chi connectivity index (χ2n) is 7.63. The molecule has 0 radical (unpaired) electrons. The molecular weight excluding hydrogens is 296 g/mol. The van der Waals surface area contributed by atoms with Crippen LogP contribution in [0, 0.1) is 0 Å². The Bertz CT molecular complexity index is 582. The maximum Gasteiger partial charge on any atom is 0.115 e. The van der Waals surface area contributed by atoms with Crippen molar-refractivity contribution in [1.29, 1.82) is 0 Å². The van der Waals surface area contributed by atoms with Gasteiger partial charge in [-0.2, -0.15) is 0 Å². The smallest absolute Gasteiger partial charge is 0.115 e. The molecule has 1 aromatic heterocycles. The van der Waals surface area contributed by atoms with Crippen LogP contribution in [0.4, 0.5) is 0 Å². The summed E-state index contributed by atoms with van der Waals surface area (Å²) in [6.07, 6.45) is 0. The van der Waals surface area contributed by atoms with Crippen molar-refractivity contribution in [3.8, 4) is 5.75 Å². The van der Waals surface area contributed by atoms with Gasteiger partial charge in [-0.15, -0.1) is 0 Å². The first kappa shape index (κ1) is 20.3. The minimum absolute atomic E-state index is 0.337. The molecule has 0 bridgehead atoms. The Labute approximate surface area is 147 Å². The number of nitrogens with zero attached hydrogens (tertiary/aromatic N) is 1. The zero-order valence-electron chi connectivity index (χ0n) is 16.5. The Morgan fingerprint density at radius 1 is 0.750 bits per heavy atom. The highest BCUT2D eigenvalue weighted by Crippen LogP contribution is 2.26. The Morgan fingerprint density at radius 3 is 1.62 bits per heavy atom. The van der Waals surface area contributed by atoms with Crippen LogP contribution in [-0.4, -0.2) is 15.1 Å². The molecular formula is C21H34N2O. The van der Waals surface area contributed by atoms with E-state index in [1.807, 2.05) is 12.1 Å². The number of nitrogens with one attached hydrogen (secondary N) is 1. The molecule has 3 nitrogen and oxygen atoms in total. The lowest BCUT2D eigenvalue weighted by Gasteiger charge is -2.07. The molecule has 0 spiro atoms. The highest BCUT2D eigenvalue weighted by molar-refractivity contribution is 5.27. The number of H-pyrrole nitrogens is 1. The summed E-state index contributed by atoms with van der Waals surface area (Å²) < 4.78 is 0. The summed E-state index contributed by atoms with van der Waals surface area (Å²) >= 11 is 0. The Hall–Kier alpha value is -1.77. The van der Waals surface area contributed by atoms with Crippen molar-refractivity contribution in [2.45, 2.75) is 79.1 Å². The number of aromatic amines is 1. The molecule has 0 atom stereocenters. The molecule has 2 aromatic rings. The summed E-state index contributed by atoms with van der Waals surface area (Å²) in [4.78, 5) is 8.13. The van der Waals surface area contributed by atoms with E-state index in [2.05, 4.69) is 65.4 Å². The standard InChI is InChI=1S/C12H22N2.C9H12O/c1-7(2)10-11(8(3)4)14-12(13-10)9(5)6;1-7(2)8-3-5-9(10)6-4-8/h7-9H,1-6H3,(H,13,14);3-7,10H,1-2H3. The average Bonchev–Trinajstić information content (AvgIpc) is 2.94. The number of aromatic nitrogens is 2. The van der Waals surface area contributed by atoms with Crippen LogP contribution in [-0.2, 0) is 0 Å². The largest absolute Gasteiger partial charge is 0.508 e. The molecule has 0 amide bonds. The van der Waals surface area contributed by atoms with E-state index >= 15 is 0 Å². The molecule has 0 aliphatic carbocycles. The quantitative estimate of drug-likeness (QED) is 0.691. The molecule has 0 saturated carbocycles. The topological polar surface area (TPSA) is 48.9 Å². The van der Waals surface area contributed by atoms with Gasteiger partial charge < -0.3 is 10.1 Å². The summed E-state index contributed by atoms with van der Waals surface area (Å²) in [7, 11) is 0. The van der Waals surface area contributed by atoms with Crippen molar-refractivity contribution in [2.75, 3.05) is 0 Å². The third-order valence-corrected chi connectivity index (χ3v) is 4.01. The molecule has 2 rings (SSSR count). The van der Waals surface area contributed by atoms with E-state index in [0.717, 1.165) is 5.82 Å². The lowest BCUT2D eigenvalue weighted by molar-refractivity contribution is 0.475. The van der Waals surface area contributed by atoms with Crippen LogP contribution < -0.4 is 0 Å². The molecule has 0 unspecified atom stereocenters. The second-order valence-corrected chi connectivity index (χ2v) is 7.63. The van der Waals surface area contributed by atoms with Gasteiger partial charge in [0.25, 0.3) is 0 Å². The van der Waals surface area contributed by atoms with Crippen LogP contribution in [0.2, 0.25) is 0 Å². The van der Waals surface area contributed by atoms with Gasteiger partial charge in [0, 0.05) is 11.6 Å². The van der Waals surface area contributed by atoms with Gasteiger partial charge in [0.2, 0.25) is 0 Å². The van der Waals surface area contributed by atoms with Gasteiger partial charge in [-0.3, -0.25) is 0 Å². The molecule has 3 heteroatoms. The number of imidazole rings is 1. The molecule has 0 aliphatic rings. The molecule has 2 N–H and O–H groups in total. The van der Waals surface area contributed by atoms with Crippen LogP contribution in [0.15, 0.2) is 24.3 Å². The molecule has 0 fully saturated rings. The zero-order chi connectivity index (χ0) is 18.4. The van der Waals surface area contributed by atoms with Crippen LogP contribution in [0.3, 0.4) is 0 Å². The highest BCUT2D eigenvalue weighted by Gasteiger charge is 2.16. The van der Waals surface area contributed by atoms with Crippen molar-refractivity contribution in [2.24, 2.45) is 0 Å². The minimum Gasteiger partial charge on any atom is -0.508 e. The van der Waals surface area contributed by atoms with Crippen LogP contribution >= 0.6 is 0 Å². The summed E-state index contributed by atoms with van der Waals surface area (Å²) in [6, 6.07) is 7.32. The van der Waals surface area contributed by atoms with Gasteiger partial charge in [-0.25, -0.2) is 4.98 Å². The molecule has 134 valence electrons. The normalized spacial score (nSPS) is 11.3. The van der Waals surface area contributed by atoms with E-state index in [0.29, 0.717) is 29.4 Å². The Morgan fingerprint density at radius 2 is 1.29 bits per heavy atom. The van der Waals surface area contributed by atoms with E-state index < -0.39 is 0 Å².